The van der Waals surface area contributed by atoms with E-state index in [0.717, 1.165) is 38.9 Å². The van der Waals surface area contributed by atoms with Gasteiger partial charge in [0, 0.05) is 58.6 Å². The lowest BCUT2D eigenvalue weighted by Gasteiger charge is -2.28. The number of aromatic nitrogens is 3. The first-order valence-corrected chi connectivity index (χ1v) is 16.7. The van der Waals surface area contributed by atoms with Crippen LogP contribution < -0.4 is 10.6 Å². The Morgan fingerprint density at radius 1 is 1.10 bits per heavy atom. The second kappa shape index (κ2) is 14.1. The number of hydrogen-bond acceptors (Lipinski definition) is 10. The molecule has 1 fully saturated rings. The van der Waals surface area contributed by atoms with E-state index in [0.29, 0.717) is 53.7 Å². The van der Waals surface area contributed by atoms with E-state index in [1.807, 2.05) is 40.7 Å². The molecule has 0 saturated carbocycles. The van der Waals surface area contributed by atoms with Crippen LogP contribution in [0, 0.1) is 32.6 Å². The fourth-order valence-electron chi connectivity index (χ4n) is 5.77. The van der Waals surface area contributed by atoms with Crippen LogP contribution in [-0.4, -0.2) is 69.7 Å². The molecule has 0 aliphatic carbocycles. The summed E-state index contributed by atoms with van der Waals surface area (Å²) >= 11 is 7.91. The average molecular weight is 684 g/mol. The molecule has 2 N–H and O–H groups in total. The van der Waals surface area contributed by atoms with Crippen molar-refractivity contribution >= 4 is 46.2 Å². The number of aryl methyl sites for hydroxylation is 2. The minimum Gasteiger partial charge on any atom is -0.465 e. The summed E-state index contributed by atoms with van der Waals surface area (Å²) in [7, 11) is 1.31. The molecule has 4 aromatic rings. The summed E-state index contributed by atoms with van der Waals surface area (Å²) in [6, 6.07) is 11.9. The van der Waals surface area contributed by atoms with Crippen molar-refractivity contribution in [1.29, 1.82) is 0 Å². The molecule has 246 valence electrons. The molecule has 1 saturated heterocycles. The Morgan fingerprint density at radius 2 is 1.85 bits per heavy atom. The Labute approximate surface area is 287 Å². The number of aliphatic imine (C=N–C) groups is 1. The number of carbonyl (C=O) groups excluding carboxylic acids is 2. The predicted octanol–water partition coefficient (Wildman–Crippen LogP) is 5.34. The number of ether oxygens (including phenoxy) is 1. The summed E-state index contributed by atoms with van der Waals surface area (Å²) in [4.78, 5) is 39.9. The van der Waals surface area contributed by atoms with Gasteiger partial charge in [0.15, 0.2) is 11.6 Å². The van der Waals surface area contributed by atoms with Gasteiger partial charge in [-0.25, -0.2) is 4.79 Å². The molecule has 2 aromatic carbocycles. The van der Waals surface area contributed by atoms with Crippen LogP contribution in [0.2, 0.25) is 5.02 Å². The summed E-state index contributed by atoms with van der Waals surface area (Å²) in [5.41, 5.74) is 11.0. The lowest BCUT2D eigenvalue weighted by molar-refractivity contribution is -0.131. The van der Waals surface area contributed by atoms with Gasteiger partial charge in [-0.2, -0.15) is 0 Å². The van der Waals surface area contributed by atoms with Gasteiger partial charge in [0.1, 0.15) is 16.9 Å². The van der Waals surface area contributed by atoms with Gasteiger partial charge in [-0.1, -0.05) is 40.7 Å². The van der Waals surface area contributed by atoms with Crippen LogP contribution in [-0.2, 0) is 9.53 Å². The van der Waals surface area contributed by atoms with Gasteiger partial charge in [0.25, 0.3) is 0 Å². The van der Waals surface area contributed by atoms with Gasteiger partial charge < -0.3 is 20.2 Å². The average Bonchev–Trinajstić information content (AvgIpc) is 3.58. The van der Waals surface area contributed by atoms with Gasteiger partial charge in [-0.3, -0.25) is 14.4 Å². The van der Waals surface area contributed by atoms with Crippen molar-refractivity contribution in [2.24, 2.45) is 15.9 Å². The largest absolute Gasteiger partial charge is 0.465 e. The van der Waals surface area contributed by atoms with Gasteiger partial charge in [-0.05, 0) is 50.6 Å². The van der Waals surface area contributed by atoms with Crippen molar-refractivity contribution in [2.45, 2.75) is 46.1 Å². The molecule has 0 bridgehead atoms. The van der Waals surface area contributed by atoms with Crippen LogP contribution in [0.1, 0.15) is 74.4 Å². The molecule has 0 spiro atoms. The highest BCUT2D eigenvalue weighted by molar-refractivity contribution is 7.15. The number of carbonyl (C=O) groups is 2. The smallest absolute Gasteiger partial charge is 0.339 e. The third kappa shape index (κ3) is 6.62. The standard InChI is InChI=1S/C35H34ClN7O4S/c1-20-21(2)48-34-31(20)32(23-7-9-25(36)10-8-23)38-29(33-40-39-22(3)43(33)34)19-30(44)42-16-13-26(14-17-42)41-47-27-11-12-28(35(45)46-4)24(18-27)6-5-15-37/h7-12,18,29H,13-17,19,37H2,1-4H3/t29-/m0/s1. The highest BCUT2D eigenvalue weighted by Gasteiger charge is 2.33. The molecular formula is C35H34ClN7O4S. The van der Waals surface area contributed by atoms with E-state index in [2.05, 4.69) is 41.0 Å². The first kappa shape index (κ1) is 33.1. The number of halogens is 1. The van der Waals surface area contributed by atoms with Crippen LogP contribution in [0.5, 0.6) is 5.75 Å². The fraction of sp³-hybridized carbons (Fsp3) is 0.314. The summed E-state index contributed by atoms with van der Waals surface area (Å²) in [5.74, 6) is 6.93. The number of piperidine rings is 1. The van der Waals surface area contributed by atoms with Crippen molar-refractivity contribution in [3.8, 4) is 22.6 Å². The number of amides is 1. The quantitative estimate of drug-likeness (QED) is 0.164. The van der Waals surface area contributed by atoms with Gasteiger partial charge >= 0.3 is 5.97 Å². The minimum absolute atomic E-state index is 0.0222. The molecular weight excluding hydrogens is 650 g/mol. The van der Waals surface area contributed by atoms with E-state index in [-0.39, 0.29) is 18.9 Å². The molecule has 48 heavy (non-hydrogen) atoms. The molecule has 11 nitrogen and oxygen atoms in total. The number of benzene rings is 2. The van der Waals surface area contributed by atoms with Crippen LogP contribution in [0.3, 0.4) is 0 Å². The molecule has 6 rings (SSSR count). The van der Waals surface area contributed by atoms with Crippen LogP contribution in [0.15, 0.2) is 52.6 Å². The fourth-order valence-corrected chi connectivity index (χ4v) is 7.11. The number of rotatable bonds is 6. The lowest BCUT2D eigenvalue weighted by Crippen LogP contribution is -2.39. The Balaban J connectivity index is 1.19. The summed E-state index contributed by atoms with van der Waals surface area (Å²) in [6.45, 7) is 7.26. The predicted molar refractivity (Wildman–Crippen MR) is 185 cm³/mol. The molecule has 1 amide bonds. The third-order valence-corrected chi connectivity index (χ3v) is 9.86. The van der Waals surface area contributed by atoms with Gasteiger partial charge in [-0.15, -0.1) is 21.5 Å². The number of thiophene rings is 1. The molecule has 4 heterocycles. The Kier molecular flexibility index (Phi) is 9.73. The van der Waals surface area contributed by atoms with Crippen molar-refractivity contribution < 1.29 is 19.2 Å². The number of esters is 1. The second-order valence-electron chi connectivity index (χ2n) is 11.4. The van der Waals surface area contributed by atoms with E-state index in [1.165, 1.54) is 12.0 Å². The third-order valence-electron chi connectivity index (χ3n) is 8.42. The molecule has 1 atom stereocenters. The summed E-state index contributed by atoms with van der Waals surface area (Å²) < 4.78 is 6.89. The number of likely N-dealkylation sites (tertiary alicyclic amines) is 1. The zero-order valence-electron chi connectivity index (χ0n) is 27.0. The maximum absolute atomic E-state index is 13.8. The van der Waals surface area contributed by atoms with E-state index in [4.69, 9.17) is 31.9 Å². The SMILES string of the molecule is COC(=O)c1ccc(ON=C2CCN(C(=O)C[C@@H]3N=C(c4ccc(Cl)cc4)c4c(sc(C)c4C)-n4c(C)nnc43)CC2)cc1C#CCN. The number of nitrogens with zero attached hydrogens (tertiary/aromatic N) is 6. The molecule has 2 aliphatic rings. The Bertz CT molecular complexity index is 2010. The number of methoxy groups -OCH3 is 1. The molecule has 2 aromatic heterocycles. The normalized spacial score (nSPS) is 15.4. The minimum atomic E-state index is -0.536. The maximum atomic E-state index is 13.8. The molecule has 2 aliphatic heterocycles. The molecule has 0 radical (unpaired) electrons. The molecule has 0 unspecified atom stereocenters. The lowest BCUT2D eigenvalue weighted by atomic mass is 9.99. The first-order chi connectivity index (χ1) is 23.2. The zero-order chi connectivity index (χ0) is 33.9. The van der Waals surface area contributed by atoms with Crippen LogP contribution in [0.25, 0.3) is 5.00 Å². The van der Waals surface area contributed by atoms with Crippen LogP contribution in [0.4, 0.5) is 0 Å². The first-order valence-electron chi connectivity index (χ1n) is 15.5. The van der Waals surface area contributed by atoms with Crippen molar-refractivity contribution in [3.05, 3.63) is 91.8 Å². The molecule has 13 heteroatoms. The highest BCUT2D eigenvalue weighted by atomic mass is 35.5. The summed E-state index contributed by atoms with van der Waals surface area (Å²) in [5, 5.41) is 14.9. The van der Waals surface area contributed by atoms with Gasteiger partial charge in [0.05, 0.1) is 37.1 Å². The van der Waals surface area contributed by atoms with E-state index in [1.54, 1.807) is 29.5 Å². The van der Waals surface area contributed by atoms with Crippen molar-refractivity contribution in [3.63, 3.8) is 0 Å². The monoisotopic (exact) mass is 683 g/mol. The second-order valence-corrected chi connectivity index (χ2v) is 13.1. The number of fused-ring (bicyclic) bond motifs is 3. The Morgan fingerprint density at radius 3 is 2.56 bits per heavy atom. The van der Waals surface area contributed by atoms with E-state index < -0.39 is 12.0 Å². The Hall–Kier alpha value is -4.83. The zero-order valence-corrected chi connectivity index (χ0v) is 28.6. The summed E-state index contributed by atoms with van der Waals surface area (Å²) in [6.07, 6.45) is 1.26. The number of oxime groups is 1. The number of hydrogen-bond donors (Lipinski definition) is 1. The topological polar surface area (TPSA) is 137 Å². The van der Waals surface area contributed by atoms with Crippen molar-refractivity contribution in [1.82, 2.24) is 19.7 Å². The van der Waals surface area contributed by atoms with Crippen molar-refractivity contribution in [2.75, 3.05) is 26.7 Å². The highest BCUT2D eigenvalue weighted by Crippen LogP contribution is 2.40. The number of nitrogens with two attached hydrogens (primary N) is 1. The van der Waals surface area contributed by atoms with Gasteiger partial charge in [0.2, 0.25) is 5.91 Å². The maximum Gasteiger partial charge on any atom is 0.339 e. The van der Waals surface area contributed by atoms with E-state index in [9.17, 15) is 9.59 Å². The van der Waals surface area contributed by atoms with E-state index >= 15 is 0 Å². The van der Waals surface area contributed by atoms with Crippen LogP contribution >= 0.6 is 22.9 Å².